The molecule has 1 nitrogen and oxygen atoms in total. The van der Waals surface area contributed by atoms with E-state index in [4.69, 9.17) is 0 Å². The monoisotopic (exact) mass is 213 g/mol. The molecule has 1 aliphatic rings. The second-order valence-electron chi connectivity index (χ2n) is 3.57. The molecule has 1 aliphatic heterocycles. The molecule has 0 spiro atoms. The molecule has 0 radical (unpaired) electrons. The molecule has 1 aromatic heterocycles. The maximum absolute atomic E-state index is 3.60. The number of hydrogen-bond acceptors (Lipinski definition) is 3. The molecule has 0 bridgehead atoms. The molecule has 2 heterocycles. The highest BCUT2D eigenvalue weighted by Gasteiger charge is 2.21. The molecule has 2 unspecified atom stereocenters. The summed E-state index contributed by atoms with van der Waals surface area (Å²) in [5.41, 5.74) is 1.44. The third-order valence-corrected chi connectivity index (χ3v) is 4.81. The lowest BCUT2D eigenvalue weighted by Crippen LogP contribution is -2.34. The molecule has 3 heteroatoms. The van der Waals surface area contributed by atoms with Crippen molar-refractivity contribution in [2.75, 3.05) is 12.3 Å². The summed E-state index contributed by atoms with van der Waals surface area (Å²) in [7, 11) is 0. The van der Waals surface area contributed by atoms with E-state index in [2.05, 4.69) is 42.4 Å². The molecule has 0 amide bonds. The summed E-state index contributed by atoms with van der Waals surface area (Å²) in [4.78, 5) is 1.53. The van der Waals surface area contributed by atoms with E-state index in [-0.39, 0.29) is 0 Å². The van der Waals surface area contributed by atoms with E-state index < -0.39 is 0 Å². The number of nitrogens with one attached hydrogen (secondary N) is 1. The standard InChI is InChI=1S/C10H15NS2/c1-7-3-4-12-10(7)9-6-13-8(2)5-11-9/h3-4,8-9,11H,5-6H2,1-2H3. The number of thioether (sulfide) groups is 1. The van der Waals surface area contributed by atoms with Gasteiger partial charge in [-0.1, -0.05) is 6.92 Å². The summed E-state index contributed by atoms with van der Waals surface area (Å²) in [6, 6.07) is 2.81. The number of thiophene rings is 1. The number of hydrogen-bond donors (Lipinski definition) is 1. The van der Waals surface area contributed by atoms with Crippen LogP contribution in [0.3, 0.4) is 0 Å². The van der Waals surface area contributed by atoms with Crippen molar-refractivity contribution in [3.63, 3.8) is 0 Å². The highest BCUT2D eigenvalue weighted by Crippen LogP contribution is 2.30. The van der Waals surface area contributed by atoms with Crippen molar-refractivity contribution >= 4 is 23.1 Å². The van der Waals surface area contributed by atoms with Gasteiger partial charge in [0.2, 0.25) is 0 Å². The van der Waals surface area contributed by atoms with Gasteiger partial charge in [-0.15, -0.1) is 11.3 Å². The van der Waals surface area contributed by atoms with Crippen LogP contribution in [0.5, 0.6) is 0 Å². The van der Waals surface area contributed by atoms with E-state index in [1.54, 1.807) is 0 Å². The van der Waals surface area contributed by atoms with Gasteiger partial charge in [0, 0.05) is 22.4 Å². The van der Waals surface area contributed by atoms with E-state index >= 15 is 0 Å². The fraction of sp³-hybridized carbons (Fsp3) is 0.600. The lowest BCUT2D eigenvalue weighted by atomic mass is 10.2. The van der Waals surface area contributed by atoms with Crippen molar-refractivity contribution in [2.24, 2.45) is 0 Å². The van der Waals surface area contributed by atoms with Crippen molar-refractivity contribution in [3.05, 3.63) is 21.9 Å². The highest BCUT2D eigenvalue weighted by molar-refractivity contribution is 8.00. The molecule has 13 heavy (non-hydrogen) atoms. The van der Waals surface area contributed by atoms with Gasteiger partial charge in [-0.3, -0.25) is 0 Å². The first-order chi connectivity index (χ1) is 6.27. The average molecular weight is 213 g/mol. The highest BCUT2D eigenvalue weighted by atomic mass is 32.2. The lowest BCUT2D eigenvalue weighted by molar-refractivity contribution is 0.569. The van der Waals surface area contributed by atoms with Gasteiger partial charge >= 0.3 is 0 Å². The quantitative estimate of drug-likeness (QED) is 0.770. The topological polar surface area (TPSA) is 12.0 Å². The minimum Gasteiger partial charge on any atom is -0.307 e. The zero-order valence-corrected chi connectivity index (χ0v) is 9.67. The van der Waals surface area contributed by atoms with E-state index in [0.717, 1.165) is 11.8 Å². The van der Waals surface area contributed by atoms with Gasteiger partial charge in [0.1, 0.15) is 0 Å². The second kappa shape index (κ2) is 4.03. The fourth-order valence-electron chi connectivity index (χ4n) is 1.60. The van der Waals surface area contributed by atoms with Gasteiger partial charge in [-0.05, 0) is 23.9 Å². The SMILES string of the molecule is Cc1ccsc1C1CSC(C)CN1. The summed E-state index contributed by atoms with van der Waals surface area (Å²) < 4.78 is 0. The van der Waals surface area contributed by atoms with Crippen molar-refractivity contribution in [3.8, 4) is 0 Å². The zero-order valence-electron chi connectivity index (χ0n) is 8.04. The molecule has 2 rings (SSSR count). The predicted octanol–water partition coefficient (Wildman–Crippen LogP) is 2.82. The van der Waals surface area contributed by atoms with Crippen LogP contribution in [0.4, 0.5) is 0 Å². The zero-order chi connectivity index (χ0) is 9.26. The Hall–Kier alpha value is 0.01000. The first kappa shape index (κ1) is 9.56. The summed E-state index contributed by atoms with van der Waals surface area (Å²) >= 11 is 3.96. The summed E-state index contributed by atoms with van der Waals surface area (Å²) in [5.74, 6) is 1.22. The third kappa shape index (κ3) is 2.09. The van der Waals surface area contributed by atoms with Gasteiger partial charge in [-0.25, -0.2) is 0 Å². The second-order valence-corrected chi connectivity index (χ2v) is 5.99. The summed E-state index contributed by atoms with van der Waals surface area (Å²) in [6.45, 7) is 5.64. The Labute approximate surface area is 87.9 Å². The van der Waals surface area contributed by atoms with Gasteiger partial charge in [0.15, 0.2) is 0 Å². The number of aryl methyl sites for hydroxylation is 1. The Morgan fingerprint density at radius 3 is 2.92 bits per heavy atom. The predicted molar refractivity (Wildman–Crippen MR) is 61.7 cm³/mol. The average Bonchev–Trinajstić information content (AvgIpc) is 2.53. The molecule has 72 valence electrons. The lowest BCUT2D eigenvalue weighted by Gasteiger charge is -2.27. The largest absolute Gasteiger partial charge is 0.307 e. The van der Waals surface area contributed by atoms with Gasteiger partial charge in [-0.2, -0.15) is 11.8 Å². The molecule has 1 saturated heterocycles. The minimum absolute atomic E-state index is 0.598. The molecular formula is C10H15NS2. The Balaban J connectivity index is 2.06. The van der Waals surface area contributed by atoms with Crippen LogP contribution in [0.2, 0.25) is 0 Å². The summed E-state index contributed by atoms with van der Waals surface area (Å²) in [5, 5.41) is 6.57. The molecule has 1 N–H and O–H groups in total. The molecule has 0 saturated carbocycles. The Bertz CT molecular complexity index is 274. The smallest absolute Gasteiger partial charge is 0.0509 e. The van der Waals surface area contributed by atoms with Crippen molar-refractivity contribution in [2.45, 2.75) is 25.1 Å². The molecule has 1 fully saturated rings. The minimum atomic E-state index is 0.598. The van der Waals surface area contributed by atoms with Crippen molar-refractivity contribution < 1.29 is 0 Å². The fourth-order valence-corrected chi connectivity index (χ4v) is 3.73. The van der Waals surface area contributed by atoms with E-state index in [1.807, 2.05) is 11.3 Å². The van der Waals surface area contributed by atoms with E-state index in [1.165, 1.54) is 16.2 Å². The Kier molecular flexibility index (Phi) is 2.96. The molecule has 2 atom stereocenters. The molecule has 0 aromatic carbocycles. The van der Waals surface area contributed by atoms with Crippen molar-refractivity contribution in [1.82, 2.24) is 5.32 Å². The van der Waals surface area contributed by atoms with Crippen LogP contribution in [0.1, 0.15) is 23.4 Å². The normalized spacial score (nSPS) is 29.1. The van der Waals surface area contributed by atoms with Crippen molar-refractivity contribution in [1.29, 1.82) is 0 Å². The maximum Gasteiger partial charge on any atom is 0.0509 e. The van der Waals surface area contributed by atoms with Gasteiger partial charge < -0.3 is 5.32 Å². The van der Waals surface area contributed by atoms with Crippen LogP contribution in [0, 0.1) is 6.92 Å². The van der Waals surface area contributed by atoms with E-state index in [9.17, 15) is 0 Å². The Morgan fingerprint density at radius 1 is 1.54 bits per heavy atom. The van der Waals surface area contributed by atoms with Crippen LogP contribution >= 0.6 is 23.1 Å². The van der Waals surface area contributed by atoms with Crippen LogP contribution in [-0.2, 0) is 0 Å². The number of rotatable bonds is 1. The van der Waals surface area contributed by atoms with Crippen LogP contribution < -0.4 is 5.32 Å². The van der Waals surface area contributed by atoms with Crippen LogP contribution in [-0.4, -0.2) is 17.5 Å². The van der Waals surface area contributed by atoms with Gasteiger partial charge in [0.25, 0.3) is 0 Å². The van der Waals surface area contributed by atoms with Gasteiger partial charge in [0.05, 0.1) is 6.04 Å². The van der Waals surface area contributed by atoms with Crippen LogP contribution in [0.15, 0.2) is 11.4 Å². The first-order valence-electron chi connectivity index (χ1n) is 4.66. The van der Waals surface area contributed by atoms with E-state index in [0.29, 0.717) is 6.04 Å². The molecule has 0 aliphatic carbocycles. The van der Waals surface area contributed by atoms with Crippen LogP contribution in [0.25, 0.3) is 0 Å². The maximum atomic E-state index is 3.60. The first-order valence-corrected chi connectivity index (χ1v) is 6.59. The molecular weight excluding hydrogens is 198 g/mol. The third-order valence-electron chi connectivity index (χ3n) is 2.42. The molecule has 1 aromatic rings. The summed E-state index contributed by atoms with van der Waals surface area (Å²) in [6.07, 6.45) is 0. The Morgan fingerprint density at radius 2 is 2.38 bits per heavy atom.